The highest BCUT2D eigenvalue weighted by molar-refractivity contribution is 5.44. The van der Waals surface area contributed by atoms with Crippen LogP contribution in [0.5, 0.6) is 0 Å². The zero-order chi connectivity index (χ0) is 13.5. The van der Waals surface area contributed by atoms with Gasteiger partial charge in [0.1, 0.15) is 0 Å². The van der Waals surface area contributed by atoms with Crippen molar-refractivity contribution in [1.29, 1.82) is 0 Å². The maximum absolute atomic E-state index is 4.60. The molecule has 1 aromatic heterocycles. The van der Waals surface area contributed by atoms with Crippen LogP contribution in [-0.4, -0.2) is 24.6 Å². The third-order valence-electron chi connectivity index (χ3n) is 3.65. The number of anilines is 1. The third kappa shape index (κ3) is 3.70. The Kier molecular flexibility index (Phi) is 6.13. The van der Waals surface area contributed by atoms with Crippen molar-refractivity contribution in [2.45, 2.75) is 52.6 Å². The Morgan fingerprint density at radius 1 is 1.22 bits per heavy atom. The summed E-state index contributed by atoms with van der Waals surface area (Å²) in [5, 5.41) is 3.46. The van der Waals surface area contributed by atoms with E-state index in [1.54, 1.807) is 0 Å². The summed E-state index contributed by atoms with van der Waals surface area (Å²) in [5.74, 6) is 0. The van der Waals surface area contributed by atoms with Gasteiger partial charge in [-0.1, -0.05) is 20.8 Å². The number of pyridine rings is 1. The molecule has 0 spiro atoms. The van der Waals surface area contributed by atoms with E-state index >= 15 is 0 Å². The summed E-state index contributed by atoms with van der Waals surface area (Å²) in [4.78, 5) is 6.88. The lowest BCUT2D eigenvalue weighted by Crippen LogP contribution is -2.28. The molecule has 0 aliphatic rings. The van der Waals surface area contributed by atoms with E-state index in [1.165, 1.54) is 5.69 Å². The highest BCUT2D eigenvalue weighted by atomic mass is 15.1. The first-order valence-corrected chi connectivity index (χ1v) is 7.06. The molecule has 1 aromatic rings. The van der Waals surface area contributed by atoms with Crippen LogP contribution in [0.3, 0.4) is 0 Å². The number of aromatic nitrogens is 1. The lowest BCUT2D eigenvalue weighted by Gasteiger charge is -2.26. The Balaban J connectivity index is 2.78. The quantitative estimate of drug-likeness (QED) is 0.803. The Morgan fingerprint density at radius 2 is 1.94 bits per heavy atom. The molecule has 2 unspecified atom stereocenters. The highest BCUT2D eigenvalue weighted by Crippen LogP contribution is 2.19. The smallest absolute Gasteiger partial charge is 0.0574 e. The topological polar surface area (TPSA) is 28.2 Å². The van der Waals surface area contributed by atoms with Crippen LogP contribution in [0.4, 0.5) is 5.69 Å². The first kappa shape index (κ1) is 15.0. The van der Waals surface area contributed by atoms with Gasteiger partial charge in [0.25, 0.3) is 0 Å². The van der Waals surface area contributed by atoms with Gasteiger partial charge in [-0.15, -0.1) is 0 Å². The molecular formula is C15H27N3. The largest absolute Gasteiger partial charge is 0.371 e. The Hall–Kier alpha value is -1.09. The highest BCUT2D eigenvalue weighted by Gasteiger charge is 2.11. The van der Waals surface area contributed by atoms with Crippen LogP contribution in [0.1, 0.15) is 52.3 Å². The van der Waals surface area contributed by atoms with Gasteiger partial charge in [-0.25, -0.2) is 0 Å². The van der Waals surface area contributed by atoms with E-state index in [2.05, 4.69) is 62.1 Å². The van der Waals surface area contributed by atoms with E-state index in [1.807, 2.05) is 6.20 Å². The molecule has 2 atom stereocenters. The molecule has 3 heteroatoms. The maximum atomic E-state index is 4.60. The minimum absolute atomic E-state index is 0.373. The van der Waals surface area contributed by atoms with Gasteiger partial charge < -0.3 is 10.2 Å². The summed E-state index contributed by atoms with van der Waals surface area (Å²) in [7, 11) is 2.13. The number of nitrogens with one attached hydrogen (secondary N) is 1. The molecule has 1 N–H and O–H groups in total. The molecule has 0 aliphatic heterocycles. The normalized spacial score (nSPS) is 14.3. The lowest BCUT2D eigenvalue weighted by atomic mass is 10.1. The van der Waals surface area contributed by atoms with Crippen molar-refractivity contribution in [3.05, 3.63) is 24.0 Å². The zero-order valence-corrected chi connectivity index (χ0v) is 12.4. The monoisotopic (exact) mass is 249 g/mol. The first-order chi connectivity index (χ1) is 8.63. The summed E-state index contributed by atoms with van der Waals surface area (Å²) in [6.45, 7) is 9.75. The van der Waals surface area contributed by atoms with Crippen LogP contribution >= 0.6 is 0 Å². The van der Waals surface area contributed by atoms with E-state index in [4.69, 9.17) is 0 Å². The number of nitrogens with zero attached hydrogens (tertiary/aromatic N) is 2. The number of rotatable bonds is 7. The molecular weight excluding hydrogens is 222 g/mol. The van der Waals surface area contributed by atoms with Gasteiger partial charge in [0.15, 0.2) is 0 Å². The summed E-state index contributed by atoms with van der Waals surface area (Å²) < 4.78 is 0. The maximum Gasteiger partial charge on any atom is 0.0574 e. The second-order valence-corrected chi connectivity index (χ2v) is 4.83. The fraction of sp³-hybridized carbons (Fsp3) is 0.667. The van der Waals surface area contributed by atoms with Gasteiger partial charge in [-0.3, -0.25) is 4.98 Å². The van der Waals surface area contributed by atoms with E-state index in [9.17, 15) is 0 Å². The van der Waals surface area contributed by atoms with Gasteiger partial charge in [-0.05, 0) is 38.4 Å². The first-order valence-electron chi connectivity index (χ1n) is 7.06. The molecule has 0 radical (unpaired) electrons. The molecule has 0 aliphatic carbocycles. The van der Waals surface area contributed by atoms with Gasteiger partial charge in [0.05, 0.1) is 17.6 Å². The molecule has 1 rings (SSSR count). The Morgan fingerprint density at radius 3 is 2.39 bits per heavy atom. The summed E-state index contributed by atoms with van der Waals surface area (Å²) in [6.07, 6.45) is 4.20. The van der Waals surface area contributed by atoms with E-state index in [0.29, 0.717) is 12.1 Å². The van der Waals surface area contributed by atoms with E-state index in [0.717, 1.165) is 25.1 Å². The molecule has 0 amide bonds. The van der Waals surface area contributed by atoms with Gasteiger partial charge in [0, 0.05) is 19.1 Å². The number of hydrogen-bond acceptors (Lipinski definition) is 3. The van der Waals surface area contributed by atoms with Crippen molar-refractivity contribution in [2.75, 3.05) is 18.5 Å². The van der Waals surface area contributed by atoms with Crippen molar-refractivity contribution in [3.63, 3.8) is 0 Å². The van der Waals surface area contributed by atoms with Crippen LogP contribution in [-0.2, 0) is 0 Å². The molecule has 0 bridgehead atoms. The molecule has 3 nitrogen and oxygen atoms in total. The molecule has 18 heavy (non-hydrogen) atoms. The van der Waals surface area contributed by atoms with E-state index in [-0.39, 0.29) is 0 Å². The lowest BCUT2D eigenvalue weighted by molar-refractivity contribution is 0.524. The molecule has 0 saturated heterocycles. The molecule has 102 valence electrons. The van der Waals surface area contributed by atoms with Gasteiger partial charge in [-0.2, -0.15) is 0 Å². The summed E-state index contributed by atoms with van der Waals surface area (Å²) >= 11 is 0. The number of hydrogen-bond donors (Lipinski definition) is 1. The molecule has 0 saturated carbocycles. The predicted octanol–water partition coefficient (Wildman–Crippen LogP) is 3.38. The van der Waals surface area contributed by atoms with Crippen molar-refractivity contribution in [1.82, 2.24) is 10.3 Å². The SMILES string of the molecule is CCNC(CC)c1ccc(N(C)C(C)CC)cn1. The molecule has 0 aromatic carbocycles. The second kappa shape index (κ2) is 7.37. The summed E-state index contributed by atoms with van der Waals surface area (Å²) in [5.41, 5.74) is 2.33. The van der Waals surface area contributed by atoms with Crippen molar-refractivity contribution < 1.29 is 0 Å². The molecule has 0 fully saturated rings. The van der Waals surface area contributed by atoms with Crippen molar-refractivity contribution in [3.8, 4) is 0 Å². The fourth-order valence-corrected chi connectivity index (χ4v) is 2.05. The van der Waals surface area contributed by atoms with Gasteiger partial charge in [0.2, 0.25) is 0 Å². The minimum atomic E-state index is 0.373. The van der Waals surface area contributed by atoms with E-state index < -0.39 is 0 Å². The average molecular weight is 249 g/mol. The zero-order valence-electron chi connectivity index (χ0n) is 12.4. The van der Waals surface area contributed by atoms with Crippen molar-refractivity contribution in [2.24, 2.45) is 0 Å². The second-order valence-electron chi connectivity index (χ2n) is 4.83. The van der Waals surface area contributed by atoms with Crippen LogP contribution in [0.25, 0.3) is 0 Å². The predicted molar refractivity (Wildman–Crippen MR) is 79.1 cm³/mol. The van der Waals surface area contributed by atoms with Crippen LogP contribution in [0, 0.1) is 0 Å². The van der Waals surface area contributed by atoms with Crippen LogP contribution in [0.2, 0.25) is 0 Å². The van der Waals surface area contributed by atoms with Crippen LogP contribution in [0.15, 0.2) is 18.3 Å². The average Bonchev–Trinajstić information content (AvgIpc) is 2.43. The Bertz CT molecular complexity index is 313. The fourth-order valence-electron chi connectivity index (χ4n) is 2.05. The minimum Gasteiger partial charge on any atom is -0.371 e. The Labute approximate surface area is 112 Å². The van der Waals surface area contributed by atoms with Gasteiger partial charge >= 0.3 is 0 Å². The van der Waals surface area contributed by atoms with Crippen molar-refractivity contribution >= 4 is 5.69 Å². The summed E-state index contributed by atoms with van der Waals surface area (Å²) in [6, 6.07) is 5.24. The molecule has 1 heterocycles. The standard InChI is InChI=1S/C15H27N3/c1-6-12(4)18(5)13-9-10-15(17-11-13)14(7-2)16-8-3/h9-12,14,16H,6-8H2,1-5H3. The van der Waals surface area contributed by atoms with Crippen LogP contribution < -0.4 is 10.2 Å². The third-order valence-corrected chi connectivity index (χ3v) is 3.65.